The fraction of sp³-hybridized carbons (Fsp3) is 0.231. The van der Waals surface area contributed by atoms with Crippen LogP contribution in [0.4, 0.5) is 0 Å². The predicted octanol–water partition coefficient (Wildman–Crippen LogP) is 3.12. The second-order valence-electron chi connectivity index (χ2n) is 3.51. The highest BCUT2D eigenvalue weighted by atomic mass is 14.9. The van der Waals surface area contributed by atoms with Crippen LogP contribution in [0, 0.1) is 0 Å². The monoisotopic (exact) mass is 185 g/mol. The number of hydrogen-bond acceptors (Lipinski definition) is 0. The van der Waals surface area contributed by atoms with Gasteiger partial charge in [0, 0.05) is 18.9 Å². The average Bonchev–Trinajstić information content (AvgIpc) is 2.72. The predicted molar refractivity (Wildman–Crippen MR) is 59.2 cm³/mol. The SMILES string of the molecule is c1ccc(CCCn2cccc2)cc1. The summed E-state index contributed by atoms with van der Waals surface area (Å²) in [4.78, 5) is 0. The molecule has 0 unspecified atom stereocenters. The summed E-state index contributed by atoms with van der Waals surface area (Å²) in [5.74, 6) is 0. The molecular formula is C13H15N. The van der Waals surface area contributed by atoms with E-state index in [1.165, 1.54) is 18.4 Å². The van der Waals surface area contributed by atoms with Gasteiger partial charge in [-0.05, 0) is 30.5 Å². The molecule has 2 rings (SSSR count). The van der Waals surface area contributed by atoms with E-state index in [-0.39, 0.29) is 0 Å². The molecule has 0 saturated heterocycles. The first-order chi connectivity index (χ1) is 6.95. The van der Waals surface area contributed by atoms with E-state index in [4.69, 9.17) is 0 Å². The summed E-state index contributed by atoms with van der Waals surface area (Å²) in [6.07, 6.45) is 6.60. The van der Waals surface area contributed by atoms with Crippen LogP contribution < -0.4 is 0 Å². The lowest BCUT2D eigenvalue weighted by molar-refractivity contribution is 0.646. The zero-order valence-corrected chi connectivity index (χ0v) is 8.26. The summed E-state index contributed by atoms with van der Waals surface area (Å²) in [5.41, 5.74) is 1.43. The summed E-state index contributed by atoms with van der Waals surface area (Å²) in [6.45, 7) is 1.11. The molecule has 0 amide bonds. The van der Waals surface area contributed by atoms with Crippen LogP contribution in [-0.4, -0.2) is 4.57 Å². The summed E-state index contributed by atoms with van der Waals surface area (Å²) in [6, 6.07) is 14.8. The van der Waals surface area contributed by atoms with Crippen LogP contribution >= 0.6 is 0 Å². The van der Waals surface area contributed by atoms with Gasteiger partial charge in [0.25, 0.3) is 0 Å². The van der Waals surface area contributed by atoms with Crippen LogP contribution in [0.3, 0.4) is 0 Å². The van der Waals surface area contributed by atoms with E-state index >= 15 is 0 Å². The van der Waals surface area contributed by atoms with Gasteiger partial charge in [-0.2, -0.15) is 0 Å². The Morgan fingerprint density at radius 3 is 2.29 bits per heavy atom. The standard InChI is InChI=1S/C13H15N/c1-2-7-13(8-3-1)9-6-12-14-10-4-5-11-14/h1-5,7-8,10-11H,6,9,12H2. The molecule has 1 aromatic heterocycles. The van der Waals surface area contributed by atoms with Crippen LogP contribution in [0.15, 0.2) is 54.9 Å². The first-order valence-corrected chi connectivity index (χ1v) is 5.10. The molecule has 0 saturated carbocycles. The van der Waals surface area contributed by atoms with Crippen molar-refractivity contribution in [2.75, 3.05) is 0 Å². The molecule has 0 N–H and O–H groups in total. The van der Waals surface area contributed by atoms with Crippen molar-refractivity contribution in [2.45, 2.75) is 19.4 Å². The highest BCUT2D eigenvalue weighted by molar-refractivity contribution is 5.14. The van der Waals surface area contributed by atoms with Gasteiger partial charge in [0.15, 0.2) is 0 Å². The molecule has 0 bridgehead atoms. The lowest BCUT2D eigenvalue weighted by Gasteiger charge is -2.02. The molecule has 1 nitrogen and oxygen atoms in total. The van der Waals surface area contributed by atoms with Crippen LogP contribution in [0.25, 0.3) is 0 Å². The van der Waals surface area contributed by atoms with Gasteiger partial charge in [-0.15, -0.1) is 0 Å². The second-order valence-corrected chi connectivity index (χ2v) is 3.51. The Bertz CT molecular complexity index is 348. The normalized spacial score (nSPS) is 10.3. The minimum absolute atomic E-state index is 1.11. The number of rotatable bonds is 4. The van der Waals surface area contributed by atoms with Crippen LogP contribution in [0.5, 0.6) is 0 Å². The molecule has 2 aromatic rings. The van der Waals surface area contributed by atoms with Crippen molar-refractivity contribution in [3.05, 3.63) is 60.4 Å². The topological polar surface area (TPSA) is 4.93 Å². The van der Waals surface area contributed by atoms with Crippen LogP contribution in [-0.2, 0) is 13.0 Å². The zero-order valence-electron chi connectivity index (χ0n) is 8.26. The Hall–Kier alpha value is -1.50. The number of aryl methyl sites for hydroxylation is 2. The lowest BCUT2D eigenvalue weighted by atomic mass is 10.1. The van der Waals surface area contributed by atoms with Crippen LogP contribution in [0.2, 0.25) is 0 Å². The lowest BCUT2D eigenvalue weighted by Crippen LogP contribution is -1.95. The Morgan fingerprint density at radius 1 is 0.857 bits per heavy atom. The number of benzene rings is 1. The molecule has 0 aliphatic carbocycles. The minimum Gasteiger partial charge on any atom is -0.354 e. The number of hydrogen-bond donors (Lipinski definition) is 0. The molecule has 1 heteroatoms. The highest BCUT2D eigenvalue weighted by Gasteiger charge is 1.92. The molecule has 1 heterocycles. The van der Waals surface area contributed by atoms with E-state index in [1.807, 2.05) is 0 Å². The molecule has 72 valence electrons. The molecule has 14 heavy (non-hydrogen) atoms. The van der Waals surface area contributed by atoms with Crippen molar-refractivity contribution >= 4 is 0 Å². The van der Waals surface area contributed by atoms with Gasteiger partial charge in [0.05, 0.1) is 0 Å². The van der Waals surface area contributed by atoms with Crippen molar-refractivity contribution in [2.24, 2.45) is 0 Å². The summed E-state index contributed by atoms with van der Waals surface area (Å²) < 4.78 is 2.23. The van der Waals surface area contributed by atoms with Crippen LogP contribution in [0.1, 0.15) is 12.0 Å². The van der Waals surface area contributed by atoms with Gasteiger partial charge < -0.3 is 4.57 Å². The van der Waals surface area contributed by atoms with E-state index in [9.17, 15) is 0 Å². The Labute approximate surface area is 85.0 Å². The molecule has 1 aromatic carbocycles. The first kappa shape index (κ1) is 9.07. The maximum Gasteiger partial charge on any atom is 0.0222 e. The Kier molecular flexibility index (Phi) is 3.02. The molecule has 0 aliphatic heterocycles. The zero-order chi connectivity index (χ0) is 9.64. The van der Waals surface area contributed by atoms with E-state index in [0.717, 1.165) is 6.54 Å². The Balaban J connectivity index is 1.79. The fourth-order valence-electron chi connectivity index (χ4n) is 1.63. The second kappa shape index (κ2) is 4.66. The van der Waals surface area contributed by atoms with Crippen molar-refractivity contribution in [1.29, 1.82) is 0 Å². The maximum atomic E-state index is 2.23. The van der Waals surface area contributed by atoms with Crippen molar-refractivity contribution in [3.63, 3.8) is 0 Å². The molecule has 0 radical (unpaired) electrons. The van der Waals surface area contributed by atoms with Crippen molar-refractivity contribution in [3.8, 4) is 0 Å². The quantitative estimate of drug-likeness (QED) is 0.689. The molecule has 0 aliphatic rings. The molecule has 0 spiro atoms. The van der Waals surface area contributed by atoms with Gasteiger partial charge in [0.1, 0.15) is 0 Å². The van der Waals surface area contributed by atoms with Crippen molar-refractivity contribution < 1.29 is 0 Å². The molecule has 0 atom stereocenters. The third-order valence-corrected chi connectivity index (χ3v) is 2.39. The minimum atomic E-state index is 1.11. The van der Waals surface area contributed by atoms with Gasteiger partial charge in [-0.1, -0.05) is 30.3 Å². The number of aromatic nitrogens is 1. The van der Waals surface area contributed by atoms with E-state index in [1.54, 1.807) is 0 Å². The molecule has 0 fully saturated rings. The summed E-state index contributed by atoms with van der Waals surface area (Å²) in [7, 11) is 0. The summed E-state index contributed by atoms with van der Waals surface area (Å²) in [5, 5.41) is 0. The fourth-order valence-corrected chi connectivity index (χ4v) is 1.63. The van der Waals surface area contributed by atoms with E-state index in [2.05, 4.69) is 59.4 Å². The van der Waals surface area contributed by atoms with Gasteiger partial charge in [-0.25, -0.2) is 0 Å². The van der Waals surface area contributed by atoms with Gasteiger partial charge in [0.2, 0.25) is 0 Å². The van der Waals surface area contributed by atoms with E-state index in [0.29, 0.717) is 0 Å². The maximum absolute atomic E-state index is 2.23. The van der Waals surface area contributed by atoms with Crippen molar-refractivity contribution in [1.82, 2.24) is 4.57 Å². The van der Waals surface area contributed by atoms with Gasteiger partial charge in [-0.3, -0.25) is 0 Å². The van der Waals surface area contributed by atoms with Gasteiger partial charge >= 0.3 is 0 Å². The Morgan fingerprint density at radius 2 is 1.57 bits per heavy atom. The molecular weight excluding hydrogens is 170 g/mol. The third kappa shape index (κ3) is 2.49. The highest BCUT2D eigenvalue weighted by Crippen LogP contribution is 2.03. The largest absolute Gasteiger partial charge is 0.354 e. The summed E-state index contributed by atoms with van der Waals surface area (Å²) >= 11 is 0. The number of nitrogens with zero attached hydrogens (tertiary/aromatic N) is 1. The smallest absolute Gasteiger partial charge is 0.0222 e. The average molecular weight is 185 g/mol. The first-order valence-electron chi connectivity index (χ1n) is 5.10. The van der Waals surface area contributed by atoms with E-state index < -0.39 is 0 Å². The third-order valence-electron chi connectivity index (χ3n) is 2.39.